The van der Waals surface area contributed by atoms with E-state index in [1.807, 2.05) is 12.1 Å². The van der Waals surface area contributed by atoms with Crippen LogP contribution in [0.25, 0.3) is 6.08 Å². The quantitative estimate of drug-likeness (QED) is 0.121. The van der Waals surface area contributed by atoms with Crippen LogP contribution in [-0.4, -0.2) is 12.6 Å². The first-order valence-corrected chi connectivity index (χ1v) is 14.2. The molecule has 0 aliphatic heterocycles. The number of rotatable bonds is 23. The highest BCUT2D eigenvalue weighted by molar-refractivity contribution is 5.89. The van der Waals surface area contributed by atoms with Crippen molar-refractivity contribution in [3.63, 3.8) is 0 Å². The van der Waals surface area contributed by atoms with Crippen LogP contribution in [0.3, 0.4) is 0 Å². The van der Waals surface area contributed by atoms with Crippen LogP contribution in [0.15, 0.2) is 30.8 Å². The summed E-state index contributed by atoms with van der Waals surface area (Å²) in [5.41, 5.74) is 1.63. The highest BCUT2D eigenvalue weighted by Gasteiger charge is 2.06. The second kappa shape index (κ2) is 22.2. The van der Waals surface area contributed by atoms with E-state index in [4.69, 9.17) is 4.74 Å². The molecule has 1 rings (SSSR count). The summed E-state index contributed by atoms with van der Waals surface area (Å²) >= 11 is 0. The molecule has 0 radical (unpaired) electrons. The summed E-state index contributed by atoms with van der Waals surface area (Å²) in [4.78, 5) is 12.0. The van der Waals surface area contributed by atoms with E-state index in [1.54, 1.807) is 18.2 Å². The van der Waals surface area contributed by atoms with Gasteiger partial charge in [-0.05, 0) is 24.1 Å². The highest BCUT2D eigenvalue weighted by Crippen LogP contribution is 2.15. The molecule has 2 nitrogen and oxygen atoms in total. The zero-order chi connectivity index (χ0) is 23.8. The van der Waals surface area contributed by atoms with Crippen LogP contribution in [-0.2, 0) is 4.74 Å². The summed E-state index contributed by atoms with van der Waals surface area (Å²) in [6, 6.07) is 7.39. The van der Waals surface area contributed by atoms with Gasteiger partial charge in [0, 0.05) is 0 Å². The number of esters is 1. The Morgan fingerprint density at radius 3 is 1.36 bits per heavy atom. The second-order valence-electron chi connectivity index (χ2n) is 9.68. The highest BCUT2D eigenvalue weighted by atomic mass is 16.5. The fourth-order valence-electron chi connectivity index (χ4n) is 4.36. The predicted octanol–water partition coefficient (Wildman–Crippen LogP) is 10.3. The van der Waals surface area contributed by atoms with Crippen molar-refractivity contribution < 1.29 is 9.53 Å². The first-order valence-electron chi connectivity index (χ1n) is 14.2. The van der Waals surface area contributed by atoms with Gasteiger partial charge in [0.15, 0.2) is 0 Å². The summed E-state index contributed by atoms with van der Waals surface area (Å²) in [6.45, 7) is 6.54. The Balaban J connectivity index is 1.76. The van der Waals surface area contributed by atoms with E-state index in [2.05, 4.69) is 13.5 Å². The van der Waals surface area contributed by atoms with Gasteiger partial charge in [0.05, 0.1) is 12.2 Å². The van der Waals surface area contributed by atoms with Crippen molar-refractivity contribution in [3.05, 3.63) is 42.0 Å². The maximum Gasteiger partial charge on any atom is 0.338 e. The minimum absolute atomic E-state index is 0.219. The molecule has 0 unspecified atom stereocenters. The molecule has 2 heteroatoms. The van der Waals surface area contributed by atoms with Gasteiger partial charge < -0.3 is 4.74 Å². The molecular weight excluding hydrogens is 404 g/mol. The lowest BCUT2D eigenvalue weighted by Crippen LogP contribution is -2.06. The minimum atomic E-state index is -0.219. The van der Waals surface area contributed by atoms with Gasteiger partial charge in [0.2, 0.25) is 0 Å². The average Bonchev–Trinajstić information content (AvgIpc) is 2.85. The number of hydrogen-bond acceptors (Lipinski definition) is 2. The molecule has 0 fully saturated rings. The largest absolute Gasteiger partial charge is 0.462 e. The SMILES string of the molecule is C=Cc1ccc(C(=O)OCCCCCCCCCCCCCCCCCCCCCC)cc1. The Kier molecular flexibility index (Phi) is 19.8. The summed E-state index contributed by atoms with van der Waals surface area (Å²) < 4.78 is 5.37. The molecule has 0 spiro atoms. The van der Waals surface area contributed by atoms with E-state index in [0.717, 1.165) is 18.4 Å². The molecule has 0 N–H and O–H groups in total. The molecule has 0 atom stereocenters. The summed E-state index contributed by atoms with van der Waals surface area (Å²) in [6.07, 6.45) is 29.3. The van der Waals surface area contributed by atoms with Crippen LogP contribution in [0.4, 0.5) is 0 Å². The molecule has 0 heterocycles. The molecular formula is C31H52O2. The molecule has 1 aromatic rings. The number of benzene rings is 1. The summed E-state index contributed by atoms with van der Waals surface area (Å²) in [5.74, 6) is -0.219. The van der Waals surface area contributed by atoms with Crippen molar-refractivity contribution in [2.45, 2.75) is 135 Å². The van der Waals surface area contributed by atoms with Gasteiger partial charge in [-0.1, -0.05) is 154 Å². The molecule has 1 aromatic carbocycles. The Morgan fingerprint density at radius 2 is 1.00 bits per heavy atom. The predicted molar refractivity (Wildman–Crippen MR) is 145 cm³/mol. The number of ether oxygens (including phenoxy) is 1. The third-order valence-electron chi connectivity index (χ3n) is 6.61. The van der Waals surface area contributed by atoms with Gasteiger partial charge >= 0.3 is 5.97 Å². The standard InChI is InChI=1S/C31H52O2/c1-3-5-6-7-8-9-10-11-12-13-14-15-16-17-18-19-20-21-22-23-28-33-31(32)30-26-24-29(4-2)25-27-30/h4,24-27H,2-3,5-23,28H2,1H3. The van der Waals surface area contributed by atoms with Gasteiger partial charge in [0.1, 0.15) is 0 Å². The average molecular weight is 457 g/mol. The van der Waals surface area contributed by atoms with Gasteiger partial charge in [-0.3, -0.25) is 0 Å². The molecule has 188 valence electrons. The topological polar surface area (TPSA) is 26.3 Å². The zero-order valence-electron chi connectivity index (χ0n) is 21.8. The number of carbonyl (C=O) groups is 1. The molecule has 0 aromatic heterocycles. The number of carbonyl (C=O) groups excluding carboxylic acids is 1. The van der Waals surface area contributed by atoms with Gasteiger partial charge in [-0.15, -0.1) is 0 Å². The monoisotopic (exact) mass is 456 g/mol. The van der Waals surface area contributed by atoms with Crippen LogP contribution in [0.1, 0.15) is 151 Å². The maximum absolute atomic E-state index is 12.0. The van der Waals surface area contributed by atoms with Gasteiger partial charge in [0.25, 0.3) is 0 Å². The van der Waals surface area contributed by atoms with Crippen molar-refractivity contribution in [2.75, 3.05) is 6.61 Å². The first-order chi connectivity index (χ1) is 16.3. The molecule has 33 heavy (non-hydrogen) atoms. The fraction of sp³-hybridized carbons (Fsp3) is 0.710. The van der Waals surface area contributed by atoms with E-state index in [-0.39, 0.29) is 5.97 Å². The Morgan fingerprint density at radius 1 is 0.636 bits per heavy atom. The van der Waals surface area contributed by atoms with Crippen molar-refractivity contribution in [2.24, 2.45) is 0 Å². The van der Waals surface area contributed by atoms with Crippen LogP contribution >= 0.6 is 0 Å². The summed E-state index contributed by atoms with van der Waals surface area (Å²) in [7, 11) is 0. The molecule has 0 bridgehead atoms. The molecule has 0 saturated carbocycles. The fourth-order valence-corrected chi connectivity index (χ4v) is 4.36. The van der Waals surface area contributed by atoms with E-state index < -0.39 is 0 Å². The van der Waals surface area contributed by atoms with Crippen molar-refractivity contribution in [1.82, 2.24) is 0 Å². The third-order valence-corrected chi connectivity index (χ3v) is 6.61. The Bertz CT molecular complexity index is 575. The molecule has 0 aliphatic rings. The minimum Gasteiger partial charge on any atom is -0.462 e. The van der Waals surface area contributed by atoms with Crippen LogP contribution in [0, 0.1) is 0 Å². The van der Waals surface area contributed by atoms with Crippen molar-refractivity contribution >= 4 is 12.0 Å². The first kappa shape index (κ1) is 29.5. The lowest BCUT2D eigenvalue weighted by Gasteiger charge is -2.06. The molecule has 0 saturated heterocycles. The van der Waals surface area contributed by atoms with Crippen LogP contribution < -0.4 is 0 Å². The van der Waals surface area contributed by atoms with Crippen molar-refractivity contribution in [3.8, 4) is 0 Å². The number of unbranched alkanes of at least 4 members (excludes halogenated alkanes) is 19. The van der Waals surface area contributed by atoms with Gasteiger partial charge in [-0.25, -0.2) is 4.79 Å². The van der Waals surface area contributed by atoms with E-state index in [0.29, 0.717) is 12.2 Å². The number of hydrogen-bond donors (Lipinski definition) is 0. The van der Waals surface area contributed by atoms with Crippen LogP contribution in [0.5, 0.6) is 0 Å². The lowest BCUT2D eigenvalue weighted by atomic mass is 10.0. The molecule has 0 amide bonds. The summed E-state index contributed by atoms with van der Waals surface area (Å²) in [5, 5.41) is 0. The Hall–Kier alpha value is -1.57. The maximum atomic E-state index is 12.0. The Labute approximate surface area is 205 Å². The van der Waals surface area contributed by atoms with Crippen LogP contribution in [0.2, 0.25) is 0 Å². The smallest absolute Gasteiger partial charge is 0.338 e. The van der Waals surface area contributed by atoms with E-state index >= 15 is 0 Å². The second-order valence-corrected chi connectivity index (χ2v) is 9.68. The van der Waals surface area contributed by atoms with E-state index in [9.17, 15) is 4.79 Å². The molecule has 0 aliphatic carbocycles. The van der Waals surface area contributed by atoms with Crippen molar-refractivity contribution in [1.29, 1.82) is 0 Å². The third kappa shape index (κ3) is 17.6. The van der Waals surface area contributed by atoms with E-state index in [1.165, 1.54) is 116 Å². The van der Waals surface area contributed by atoms with Gasteiger partial charge in [-0.2, -0.15) is 0 Å². The lowest BCUT2D eigenvalue weighted by molar-refractivity contribution is 0.0497. The zero-order valence-corrected chi connectivity index (χ0v) is 21.8. The normalized spacial score (nSPS) is 10.9.